The summed E-state index contributed by atoms with van der Waals surface area (Å²) >= 11 is 0. The number of aliphatic hydroxyl groups is 1. The summed E-state index contributed by atoms with van der Waals surface area (Å²) in [4.78, 5) is 14.8. The molecule has 1 saturated heterocycles. The van der Waals surface area contributed by atoms with Crippen LogP contribution in [-0.2, 0) is 15.1 Å². The zero-order valence-corrected chi connectivity index (χ0v) is 18.2. The lowest BCUT2D eigenvalue weighted by Crippen LogP contribution is -2.51. The van der Waals surface area contributed by atoms with Crippen LogP contribution in [0, 0.1) is 5.41 Å². The molecule has 2 aromatic carbocycles. The molecule has 0 bridgehead atoms. The first-order valence-electron chi connectivity index (χ1n) is 10.3. The first kappa shape index (κ1) is 22.5. The summed E-state index contributed by atoms with van der Waals surface area (Å²) in [6.45, 7) is 5.90. The molecule has 1 fully saturated rings. The number of rotatable bonds is 7. The van der Waals surface area contributed by atoms with Gasteiger partial charge in [0, 0.05) is 19.4 Å². The van der Waals surface area contributed by atoms with Crippen LogP contribution in [0.4, 0.5) is 4.79 Å². The molecule has 1 aliphatic rings. The largest absolute Gasteiger partial charge is 0.438 e. The summed E-state index contributed by atoms with van der Waals surface area (Å²) in [5.41, 5.74) is 0.616. The van der Waals surface area contributed by atoms with Crippen molar-refractivity contribution in [2.45, 2.75) is 50.9 Å². The van der Waals surface area contributed by atoms with Gasteiger partial charge in [0.1, 0.15) is 5.60 Å². The highest BCUT2D eigenvalue weighted by Crippen LogP contribution is 2.42. The molecule has 0 saturated carbocycles. The number of nitrogens with zero attached hydrogens (tertiary/aromatic N) is 1. The number of hydrogen-bond donors (Lipinski definition) is 3. The molecule has 4 N–H and O–H groups in total. The molecule has 2 atom stereocenters. The Labute approximate surface area is 182 Å². The molecule has 0 spiro atoms. The van der Waals surface area contributed by atoms with Crippen molar-refractivity contribution in [3.05, 3.63) is 71.3 Å². The number of cyclic esters (lactones) is 1. The van der Waals surface area contributed by atoms with Crippen molar-refractivity contribution in [3.8, 4) is 0 Å². The fraction of sp³-hybridized carbons (Fsp3) is 0.375. The van der Waals surface area contributed by atoms with Crippen LogP contribution in [0.5, 0.6) is 0 Å². The van der Waals surface area contributed by atoms with E-state index in [0.29, 0.717) is 24.9 Å². The Balaban J connectivity index is 1.80. The first-order chi connectivity index (χ1) is 14.6. The molecule has 0 aliphatic carbocycles. The SMILES string of the molecule is C[C@@H](c1ccc(C(=[NH2+])OC=N)cc1)N1CCC(CC(C)(C)O)(c2ccccc2)OC1=O. The summed E-state index contributed by atoms with van der Waals surface area (Å²) in [6, 6.07) is 16.8. The standard InChI is InChI=1S/C24H29N3O4/c1-17(18-9-11-19(12-10-18)21(26)30-16-25)27-14-13-24(31-22(27)28,15-23(2,3)29)20-7-5-4-6-8-20/h4-12,16-17,25-26,29H,13-15H2,1-3H3/p+1/t17-,24?/m0/s1. The van der Waals surface area contributed by atoms with E-state index in [4.69, 9.17) is 20.3 Å². The van der Waals surface area contributed by atoms with Gasteiger partial charge < -0.3 is 19.5 Å². The minimum absolute atomic E-state index is 0.144. The van der Waals surface area contributed by atoms with Gasteiger partial charge in [-0.1, -0.05) is 42.5 Å². The zero-order chi connectivity index (χ0) is 22.6. The minimum atomic E-state index is -0.991. The fourth-order valence-corrected chi connectivity index (χ4v) is 4.13. The molecule has 3 rings (SSSR count). The second-order valence-corrected chi connectivity index (χ2v) is 8.56. The Kier molecular flexibility index (Phi) is 6.45. The molecule has 1 aliphatic heterocycles. The number of benzene rings is 2. The second kappa shape index (κ2) is 8.89. The highest BCUT2D eigenvalue weighted by Gasteiger charge is 2.46. The number of nitrogens with two attached hydrogens (primary N) is 1. The lowest BCUT2D eigenvalue weighted by molar-refractivity contribution is -0.130. The van der Waals surface area contributed by atoms with Gasteiger partial charge in [0.05, 0.1) is 17.2 Å². The van der Waals surface area contributed by atoms with Gasteiger partial charge in [-0.05, 0) is 44.0 Å². The molecule has 1 unspecified atom stereocenters. The maximum Gasteiger partial charge on any atom is 0.411 e. The summed E-state index contributed by atoms with van der Waals surface area (Å²) in [6.07, 6.45) is 1.26. The lowest BCUT2D eigenvalue weighted by Gasteiger charge is -2.45. The van der Waals surface area contributed by atoms with Crippen molar-refractivity contribution >= 4 is 18.4 Å². The van der Waals surface area contributed by atoms with Crippen LogP contribution >= 0.6 is 0 Å². The van der Waals surface area contributed by atoms with Gasteiger partial charge >= 0.3 is 12.0 Å². The maximum atomic E-state index is 13.1. The fourth-order valence-electron chi connectivity index (χ4n) is 4.13. The van der Waals surface area contributed by atoms with Crippen molar-refractivity contribution in [1.82, 2.24) is 4.90 Å². The van der Waals surface area contributed by atoms with Gasteiger partial charge in [-0.15, -0.1) is 0 Å². The monoisotopic (exact) mass is 424 g/mol. The number of amides is 1. The normalized spacial score (nSPS) is 20.0. The van der Waals surface area contributed by atoms with E-state index in [-0.39, 0.29) is 11.9 Å². The summed E-state index contributed by atoms with van der Waals surface area (Å²) < 4.78 is 10.9. The maximum absolute atomic E-state index is 13.1. The number of carbonyl (C=O) groups is 1. The predicted molar refractivity (Wildman–Crippen MR) is 118 cm³/mol. The highest BCUT2D eigenvalue weighted by atomic mass is 16.6. The molecule has 164 valence electrons. The smallest absolute Gasteiger partial charge is 0.411 e. The summed E-state index contributed by atoms with van der Waals surface area (Å²) in [5, 5.41) is 23.2. The predicted octanol–water partition coefficient (Wildman–Crippen LogP) is 2.78. The highest BCUT2D eigenvalue weighted by molar-refractivity contribution is 5.93. The third-order valence-electron chi connectivity index (χ3n) is 5.62. The summed E-state index contributed by atoms with van der Waals surface area (Å²) in [7, 11) is 0. The molecule has 2 aromatic rings. The van der Waals surface area contributed by atoms with Crippen LogP contribution in [-0.4, -0.2) is 40.5 Å². The topological polar surface area (TPSA) is 108 Å². The van der Waals surface area contributed by atoms with Crippen molar-refractivity contribution in [3.63, 3.8) is 0 Å². The molecule has 0 aromatic heterocycles. The van der Waals surface area contributed by atoms with Crippen LogP contribution in [0.1, 0.15) is 56.3 Å². The number of carbonyl (C=O) groups excluding carboxylic acids is 1. The van der Waals surface area contributed by atoms with E-state index in [0.717, 1.165) is 17.5 Å². The summed E-state index contributed by atoms with van der Waals surface area (Å²) in [5.74, 6) is 0.144. The average molecular weight is 425 g/mol. The van der Waals surface area contributed by atoms with E-state index in [2.05, 4.69) is 0 Å². The quantitative estimate of drug-likeness (QED) is 0.469. The van der Waals surface area contributed by atoms with E-state index in [1.54, 1.807) is 30.9 Å². The lowest BCUT2D eigenvalue weighted by atomic mass is 9.80. The van der Waals surface area contributed by atoms with Crippen LogP contribution in [0.15, 0.2) is 54.6 Å². The molecular formula is C24H30N3O4+. The number of ether oxygens (including phenoxy) is 2. The van der Waals surface area contributed by atoms with Crippen LogP contribution in [0.2, 0.25) is 0 Å². The molecule has 31 heavy (non-hydrogen) atoms. The molecule has 7 heteroatoms. The Morgan fingerprint density at radius 3 is 2.48 bits per heavy atom. The van der Waals surface area contributed by atoms with Crippen LogP contribution in [0.25, 0.3) is 0 Å². The Morgan fingerprint density at radius 1 is 1.29 bits per heavy atom. The molecule has 0 radical (unpaired) electrons. The van der Waals surface area contributed by atoms with E-state index in [1.165, 1.54) is 0 Å². The van der Waals surface area contributed by atoms with Gasteiger partial charge in [0.15, 0.2) is 6.40 Å². The second-order valence-electron chi connectivity index (χ2n) is 8.56. The molecule has 1 amide bonds. The molecular weight excluding hydrogens is 394 g/mol. The third kappa shape index (κ3) is 5.11. The van der Waals surface area contributed by atoms with Gasteiger partial charge in [0.2, 0.25) is 0 Å². The average Bonchev–Trinajstić information content (AvgIpc) is 2.73. The van der Waals surface area contributed by atoms with E-state index < -0.39 is 17.3 Å². The zero-order valence-electron chi connectivity index (χ0n) is 18.2. The van der Waals surface area contributed by atoms with Crippen molar-refractivity contribution in [1.29, 1.82) is 5.41 Å². The van der Waals surface area contributed by atoms with Gasteiger partial charge in [-0.3, -0.25) is 5.41 Å². The van der Waals surface area contributed by atoms with E-state index >= 15 is 0 Å². The van der Waals surface area contributed by atoms with Crippen molar-refractivity contribution in [2.24, 2.45) is 0 Å². The van der Waals surface area contributed by atoms with E-state index in [9.17, 15) is 9.90 Å². The van der Waals surface area contributed by atoms with Crippen molar-refractivity contribution < 1.29 is 24.8 Å². The number of hydrogen-bond acceptors (Lipinski definition) is 5. The van der Waals surface area contributed by atoms with Gasteiger partial charge in [-0.2, -0.15) is 0 Å². The molecule has 7 nitrogen and oxygen atoms in total. The van der Waals surface area contributed by atoms with Gasteiger partial charge in [0.25, 0.3) is 0 Å². The Hall–Kier alpha value is -3.19. The van der Waals surface area contributed by atoms with E-state index in [1.807, 2.05) is 49.4 Å². The third-order valence-corrected chi connectivity index (χ3v) is 5.62. The first-order valence-corrected chi connectivity index (χ1v) is 10.3. The van der Waals surface area contributed by atoms with Gasteiger partial charge in [-0.25, -0.2) is 10.2 Å². The van der Waals surface area contributed by atoms with Crippen LogP contribution < -0.4 is 5.41 Å². The van der Waals surface area contributed by atoms with Crippen LogP contribution in [0.3, 0.4) is 0 Å². The Morgan fingerprint density at radius 2 is 1.94 bits per heavy atom. The van der Waals surface area contributed by atoms with Crippen molar-refractivity contribution in [2.75, 3.05) is 6.54 Å². The Bertz CT molecular complexity index is 938. The number of nitrogens with one attached hydrogen (secondary N) is 1. The minimum Gasteiger partial charge on any atom is -0.438 e. The molecule has 1 heterocycles.